The Morgan fingerprint density at radius 1 is 0.258 bits per heavy atom. The zero-order valence-corrected chi connectivity index (χ0v) is 34.1. The van der Waals surface area contributed by atoms with Gasteiger partial charge in [-0.25, -0.2) is 0 Å². The lowest BCUT2D eigenvalue weighted by Crippen LogP contribution is -2.11. The summed E-state index contributed by atoms with van der Waals surface area (Å²) < 4.78 is 2.48. The summed E-state index contributed by atoms with van der Waals surface area (Å²) in [6.45, 7) is 0. The van der Waals surface area contributed by atoms with Crippen LogP contribution in [0.25, 0.3) is 83.1 Å². The van der Waals surface area contributed by atoms with Crippen LogP contribution in [0, 0.1) is 0 Å². The first kappa shape index (κ1) is 36.8. The van der Waals surface area contributed by atoms with Gasteiger partial charge in [0.15, 0.2) is 0 Å². The van der Waals surface area contributed by atoms with Crippen molar-refractivity contribution in [3.63, 3.8) is 0 Å². The van der Waals surface area contributed by atoms with Crippen LogP contribution in [-0.4, -0.2) is 4.57 Å². The van der Waals surface area contributed by atoms with Crippen molar-refractivity contribution >= 4 is 38.9 Å². The Labute approximate surface area is 362 Å². The lowest BCUT2D eigenvalue weighted by Gasteiger charge is -2.28. The fraction of sp³-hybridized carbons (Fsp3) is 0. The third kappa shape index (κ3) is 6.84. The Bertz CT molecular complexity index is 3210. The van der Waals surface area contributed by atoms with Crippen molar-refractivity contribution in [3.8, 4) is 61.3 Å². The Kier molecular flexibility index (Phi) is 9.57. The van der Waals surface area contributed by atoms with Crippen LogP contribution in [0.4, 0.5) is 17.1 Å². The molecule has 1 aromatic heterocycles. The predicted molar refractivity (Wildman–Crippen MR) is 263 cm³/mol. The van der Waals surface area contributed by atoms with Crippen molar-refractivity contribution in [2.45, 2.75) is 0 Å². The molecule has 0 amide bonds. The third-order valence-electron chi connectivity index (χ3n) is 12.0. The van der Waals surface area contributed by atoms with Crippen LogP contribution < -0.4 is 4.90 Å². The van der Waals surface area contributed by atoms with Crippen LogP contribution in [0.3, 0.4) is 0 Å². The van der Waals surface area contributed by atoms with Crippen molar-refractivity contribution in [1.29, 1.82) is 0 Å². The topological polar surface area (TPSA) is 8.17 Å². The summed E-state index contributed by atoms with van der Waals surface area (Å²) in [5, 5.41) is 2.45. The summed E-state index contributed by atoms with van der Waals surface area (Å²) in [7, 11) is 0. The molecule has 11 rings (SSSR count). The summed E-state index contributed by atoms with van der Waals surface area (Å²) in [4.78, 5) is 2.40. The molecule has 0 N–H and O–H groups in total. The van der Waals surface area contributed by atoms with Crippen molar-refractivity contribution in [3.05, 3.63) is 255 Å². The summed E-state index contributed by atoms with van der Waals surface area (Å²) in [5.41, 5.74) is 18.6. The average molecular weight is 791 g/mol. The molecule has 0 aliphatic carbocycles. The van der Waals surface area contributed by atoms with Crippen LogP contribution >= 0.6 is 0 Å². The van der Waals surface area contributed by atoms with Gasteiger partial charge in [-0.2, -0.15) is 0 Å². The van der Waals surface area contributed by atoms with Gasteiger partial charge in [0, 0.05) is 33.3 Å². The molecule has 0 atom stereocenters. The lowest BCUT2D eigenvalue weighted by molar-refractivity contribution is 1.18. The quantitative estimate of drug-likeness (QED) is 0.141. The molecule has 292 valence electrons. The minimum atomic E-state index is 1.09. The minimum Gasteiger partial charge on any atom is -0.310 e. The molecule has 2 nitrogen and oxygen atoms in total. The highest BCUT2D eigenvalue weighted by atomic mass is 15.1. The second-order valence-electron chi connectivity index (χ2n) is 15.7. The van der Waals surface area contributed by atoms with Gasteiger partial charge in [0.2, 0.25) is 0 Å². The number of fused-ring (bicyclic) bond motifs is 3. The molecule has 0 saturated carbocycles. The van der Waals surface area contributed by atoms with Crippen LogP contribution in [0.5, 0.6) is 0 Å². The SMILES string of the molecule is c1ccc(-c2ccc(N(c3ccc(-c4ccccc4)cc3)c3ccccc3-c3ccc4c5ccccc5n(-c5cc(-c6ccccc6)ccc5-c5ccccc5)c4c3)cc2)cc1. The number of aromatic nitrogens is 1. The molecule has 0 aliphatic rings. The van der Waals surface area contributed by atoms with Gasteiger partial charge in [-0.1, -0.05) is 206 Å². The fourth-order valence-electron chi connectivity index (χ4n) is 8.99. The number of hydrogen-bond donors (Lipinski definition) is 0. The van der Waals surface area contributed by atoms with Crippen molar-refractivity contribution in [2.75, 3.05) is 4.90 Å². The fourth-order valence-corrected chi connectivity index (χ4v) is 8.99. The van der Waals surface area contributed by atoms with Crippen molar-refractivity contribution in [2.24, 2.45) is 0 Å². The highest BCUT2D eigenvalue weighted by molar-refractivity contribution is 6.11. The second-order valence-corrected chi connectivity index (χ2v) is 15.7. The first-order valence-electron chi connectivity index (χ1n) is 21.3. The largest absolute Gasteiger partial charge is 0.310 e. The molecule has 0 radical (unpaired) electrons. The standard InChI is InChI=1S/C60H42N2/c1-5-17-43(18-6-1)46-29-35-51(36-30-46)61(52-37-31-47(32-38-52)44-19-7-2-8-20-44)57-27-15-13-25-53(57)50-34-40-56-55-26-14-16-28-58(55)62(60(56)42-50)59-41-49(45-21-9-3-10-22-45)33-39-54(59)48-23-11-4-12-24-48/h1-42H. The third-order valence-corrected chi connectivity index (χ3v) is 12.0. The average Bonchev–Trinajstić information content (AvgIpc) is 3.69. The Morgan fingerprint density at radius 2 is 0.694 bits per heavy atom. The smallest absolute Gasteiger partial charge is 0.0547 e. The number of para-hydroxylation sites is 2. The van der Waals surface area contributed by atoms with Crippen LogP contribution in [-0.2, 0) is 0 Å². The molecular formula is C60H42N2. The van der Waals surface area contributed by atoms with E-state index in [0.717, 1.165) is 39.4 Å². The maximum atomic E-state index is 2.48. The van der Waals surface area contributed by atoms with Gasteiger partial charge in [-0.15, -0.1) is 0 Å². The molecule has 0 saturated heterocycles. The molecule has 0 unspecified atom stereocenters. The van der Waals surface area contributed by atoms with E-state index < -0.39 is 0 Å². The van der Waals surface area contributed by atoms with Gasteiger partial charge < -0.3 is 9.47 Å². The number of rotatable bonds is 9. The number of anilines is 3. The highest BCUT2D eigenvalue weighted by Gasteiger charge is 2.21. The maximum Gasteiger partial charge on any atom is 0.0547 e. The first-order valence-corrected chi connectivity index (χ1v) is 21.3. The molecule has 0 fully saturated rings. The minimum absolute atomic E-state index is 1.09. The van der Waals surface area contributed by atoms with E-state index in [0.29, 0.717) is 0 Å². The Hall–Kier alpha value is -8.20. The van der Waals surface area contributed by atoms with Gasteiger partial charge in [0.25, 0.3) is 0 Å². The van der Waals surface area contributed by atoms with Gasteiger partial charge in [-0.05, 0) is 93.0 Å². The summed E-state index contributed by atoms with van der Waals surface area (Å²) in [6.07, 6.45) is 0. The van der Waals surface area contributed by atoms with E-state index in [2.05, 4.69) is 264 Å². The Balaban J connectivity index is 1.11. The number of benzene rings is 10. The van der Waals surface area contributed by atoms with E-state index in [9.17, 15) is 0 Å². The zero-order chi connectivity index (χ0) is 41.2. The van der Waals surface area contributed by atoms with E-state index in [1.807, 2.05) is 0 Å². The Morgan fingerprint density at radius 3 is 1.29 bits per heavy atom. The van der Waals surface area contributed by atoms with Gasteiger partial charge >= 0.3 is 0 Å². The van der Waals surface area contributed by atoms with Crippen LogP contribution in [0.2, 0.25) is 0 Å². The normalized spacial score (nSPS) is 11.2. The molecule has 0 spiro atoms. The van der Waals surface area contributed by atoms with E-state index in [4.69, 9.17) is 0 Å². The molecule has 0 aliphatic heterocycles. The van der Waals surface area contributed by atoms with Crippen LogP contribution in [0.15, 0.2) is 255 Å². The zero-order valence-electron chi connectivity index (χ0n) is 34.1. The van der Waals surface area contributed by atoms with Gasteiger partial charge in [0.1, 0.15) is 0 Å². The summed E-state index contributed by atoms with van der Waals surface area (Å²) in [6, 6.07) is 92.1. The van der Waals surface area contributed by atoms with Gasteiger partial charge in [0.05, 0.1) is 22.4 Å². The first-order chi connectivity index (χ1) is 30.8. The van der Waals surface area contributed by atoms with Crippen LogP contribution in [0.1, 0.15) is 0 Å². The van der Waals surface area contributed by atoms with E-state index in [-0.39, 0.29) is 0 Å². The predicted octanol–water partition coefficient (Wildman–Crippen LogP) is 16.6. The highest BCUT2D eigenvalue weighted by Crippen LogP contribution is 2.44. The second kappa shape index (κ2) is 16.1. The monoisotopic (exact) mass is 790 g/mol. The van der Waals surface area contributed by atoms with Crippen molar-refractivity contribution < 1.29 is 0 Å². The maximum absolute atomic E-state index is 2.48. The molecule has 1 heterocycles. The number of hydrogen-bond acceptors (Lipinski definition) is 1. The van der Waals surface area contributed by atoms with Gasteiger partial charge in [-0.3, -0.25) is 0 Å². The molecule has 62 heavy (non-hydrogen) atoms. The number of nitrogens with zero attached hydrogens (tertiary/aromatic N) is 2. The lowest BCUT2D eigenvalue weighted by atomic mass is 9.97. The van der Waals surface area contributed by atoms with E-state index >= 15 is 0 Å². The molecule has 2 heteroatoms. The molecule has 0 bridgehead atoms. The van der Waals surface area contributed by atoms with E-state index in [1.165, 1.54) is 60.8 Å². The van der Waals surface area contributed by atoms with Crippen molar-refractivity contribution in [1.82, 2.24) is 4.57 Å². The molecular weight excluding hydrogens is 749 g/mol. The summed E-state index contributed by atoms with van der Waals surface area (Å²) >= 11 is 0. The van der Waals surface area contributed by atoms with E-state index in [1.54, 1.807) is 0 Å². The summed E-state index contributed by atoms with van der Waals surface area (Å²) in [5.74, 6) is 0. The molecule has 11 aromatic rings. The molecule has 10 aromatic carbocycles.